The molecule has 0 saturated heterocycles. The molecule has 2 rings (SSSR count). The fraction of sp³-hybridized carbons (Fsp3) is 0.273. The molecule has 1 amide bonds. The van der Waals surface area contributed by atoms with E-state index in [0.29, 0.717) is 5.69 Å². The van der Waals surface area contributed by atoms with Crippen molar-refractivity contribution in [2.45, 2.75) is 6.92 Å². The van der Waals surface area contributed by atoms with Gasteiger partial charge in [-0.05, 0) is 24.6 Å². The SMILES string of the molecule is CNC(=O)c1cc(C)c2ccn(C)c2n1. The Morgan fingerprint density at radius 3 is 2.93 bits per heavy atom. The standard InChI is InChI=1S/C11H13N3O/c1-7-6-9(11(15)12-2)13-10-8(7)4-5-14(10)3/h4-6H,1-3H3,(H,12,15). The molecule has 2 heterocycles. The summed E-state index contributed by atoms with van der Waals surface area (Å²) in [4.78, 5) is 15.8. The largest absolute Gasteiger partial charge is 0.354 e. The zero-order chi connectivity index (χ0) is 11.0. The van der Waals surface area contributed by atoms with Crippen LogP contribution in [0.15, 0.2) is 18.3 Å². The van der Waals surface area contributed by atoms with E-state index in [-0.39, 0.29) is 5.91 Å². The van der Waals surface area contributed by atoms with Crippen LogP contribution in [0.3, 0.4) is 0 Å². The first-order valence-electron chi connectivity index (χ1n) is 4.78. The number of nitrogens with one attached hydrogen (secondary N) is 1. The smallest absolute Gasteiger partial charge is 0.269 e. The molecule has 4 nitrogen and oxygen atoms in total. The maximum Gasteiger partial charge on any atom is 0.269 e. The molecule has 0 radical (unpaired) electrons. The number of amides is 1. The van der Waals surface area contributed by atoms with Gasteiger partial charge in [-0.1, -0.05) is 0 Å². The first-order chi connectivity index (χ1) is 7.13. The van der Waals surface area contributed by atoms with E-state index >= 15 is 0 Å². The van der Waals surface area contributed by atoms with Crippen molar-refractivity contribution in [2.75, 3.05) is 7.05 Å². The van der Waals surface area contributed by atoms with Crippen LogP contribution in [0.5, 0.6) is 0 Å². The lowest BCUT2D eigenvalue weighted by molar-refractivity contribution is 0.0958. The van der Waals surface area contributed by atoms with Gasteiger partial charge in [-0.25, -0.2) is 4.98 Å². The molecular weight excluding hydrogens is 190 g/mol. The van der Waals surface area contributed by atoms with Crippen molar-refractivity contribution in [3.8, 4) is 0 Å². The fourth-order valence-corrected chi connectivity index (χ4v) is 1.64. The van der Waals surface area contributed by atoms with E-state index in [4.69, 9.17) is 0 Å². The summed E-state index contributed by atoms with van der Waals surface area (Å²) in [5.41, 5.74) is 2.37. The van der Waals surface area contributed by atoms with Gasteiger partial charge >= 0.3 is 0 Å². The number of fused-ring (bicyclic) bond motifs is 1. The summed E-state index contributed by atoms with van der Waals surface area (Å²) >= 11 is 0. The second-order valence-electron chi connectivity index (χ2n) is 3.57. The summed E-state index contributed by atoms with van der Waals surface area (Å²) in [7, 11) is 3.52. The molecule has 0 bridgehead atoms. The maximum atomic E-state index is 11.5. The molecule has 0 saturated carbocycles. The average molecular weight is 203 g/mol. The van der Waals surface area contributed by atoms with Gasteiger partial charge in [0.2, 0.25) is 0 Å². The molecule has 2 aromatic heterocycles. The highest BCUT2D eigenvalue weighted by atomic mass is 16.1. The maximum absolute atomic E-state index is 11.5. The van der Waals surface area contributed by atoms with Crippen LogP contribution in [0.2, 0.25) is 0 Å². The second kappa shape index (κ2) is 3.38. The normalized spacial score (nSPS) is 10.6. The molecule has 2 aromatic rings. The quantitative estimate of drug-likeness (QED) is 0.758. The van der Waals surface area contributed by atoms with Crippen molar-refractivity contribution in [3.05, 3.63) is 29.6 Å². The van der Waals surface area contributed by atoms with Crippen molar-refractivity contribution in [3.63, 3.8) is 0 Å². The van der Waals surface area contributed by atoms with Crippen LogP contribution >= 0.6 is 0 Å². The van der Waals surface area contributed by atoms with Gasteiger partial charge in [-0.3, -0.25) is 4.79 Å². The first-order valence-corrected chi connectivity index (χ1v) is 4.78. The molecular formula is C11H13N3O. The number of carbonyl (C=O) groups excluding carboxylic acids is 1. The van der Waals surface area contributed by atoms with Gasteiger partial charge in [0, 0.05) is 25.7 Å². The van der Waals surface area contributed by atoms with Gasteiger partial charge in [0.05, 0.1) is 0 Å². The van der Waals surface area contributed by atoms with E-state index < -0.39 is 0 Å². The van der Waals surface area contributed by atoms with Crippen LogP contribution in [-0.2, 0) is 7.05 Å². The Balaban J connectivity index is 2.70. The Morgan fingerprint density at radius 1 is 1.53 bits per heavy atom. The zero-order valence-corrected chi connectivity index (χ0v) is 9.03. The average Bonchev–Trinajstić information content (AvgIpc) is 2.60. The van der Waals surface area contributed by atoms with Crippen LogP contribution < -0.4 is 5.32 Å². The predicted octanol–water partition coefficient (Wildman–Crippen LogP) is 1.24. The lowest BCUT2D eigenvalue weighted by Gasteiger charge is -2.03. The van der Waals surface area contributed by atoms with Gasteiger partial charge in [0.1, 0.15) is 11.3 Å². The second-order valence-corrected chi connectivity index (χ2v) is 3.57. The minimum atomic E-state index is -0.152. The third-order valence-corrected chi connectivity index (χ3v) is 2.50. The number of aromatic nitrogens is 2. The van der Waals surface area contributed by atoms with Crippen molar-refractivity contribution in [1.82, 2.24) is 14.9 Å². The van der Waals surface area contributed by atoms with Crippen LogP contribution in [0.1, 0.15) is 16.1 Å². The van der Waals surface area contributed by atoms with E-state index in [9.17, 15) is 4.79 Å². The molecule has 0 aliphatic carbocycles. The summed E-state index contributed by atoms with van der Waals surface area (Å²) in [6, 6.07) is 3.81. The van der Waals surface area contributed by atoms with Crippen LogP contribution in [0.4, 0.5) is 0 Å². The van der Waals surface area contributed by atoms with Crippen LogP contribution in [-0.4, -0.2) is 22.5 Å². The highest BCUT2D eigenvalue weighted by Gasteiger charge is 2.10. The topological polar surface area (TPSA) is 46.9 Å². The fourth-order valence-electron chi connectivity index (χ4n) is 1.64. The van der Waals surface area contributed by atoms with E-state index in [1.807, 2.05) is 30.8 Å². The van der Waals surface area contributed by atoms with Gasteiger partial charge in [0.25, 0.3) is 5.91 Å². The molecule has 1 N–H and O–H groups in total. The van der Waals surface area contributed by atoms with Crippen LogP contribution in [0, 0.1) is 6.92 Å². The van der Waals surface area contributed by atoms with E-state index in [0.717, 1.165) is 16.6 Å². The van der Waals surface area contributed by atoms with E-state index in [2.05, 4.69) is 10.3 Å². The molecule has 0 spiro atoms. The lowest BCUT2D eigenvalue weighted by atomic mass is 10.2. The zero-order valence-electron chi connectivity index (χ0n) is 9.03. The molecule has 0 aromatic carbocycles. The number of aryl methyl sites for hydroxylation is 2. The van der Waals surface area contributed by atoms with Gasteiger partial charge in [-0.15, -0.1) is 0 Å². The van der Waals surface area contributed by atoms with Crippen molar-refractivity contribution < 1.29 is 4.79 Å². The number of pyridine rings is 1. The number of carbonyl (C=O) groups is 1. The molecule has 0 unspecified atom stereocenters. The Morgan fingerprint density at radius 2 is 2.27 bits per heavy atom. The number of hydrogen-bond donors (Lipinski definition) is 1. The number of rotatable bonds is 1. The van der Waals surface area contributed by atoms with Gasteiger partial charge < -0.3 is 9.88 Å². The summed E-state index contributed by atoms with van der Waals surface area (Å²) in [6.07, 6.45) is 1.94. The van der Waals surface area contributed by atoms with Crippen molar-refractivity contribution >= 4 is 16.9 Å². The third-order valence-electron chi connectivity index (χ3n) is 2.50. The van der Waals surface area contributed by atoms with Crippen LogP contribution in [0.25, 0.3) is 11.0 Å². The lowest BCUT2D eigenvalue weighted by Crippen LogP contribution is -2.19. The molecule has 0 aliphatic heterocycles. The minimum Gasteiger partial charge on any atom is -0.354 e. The molecule has 4 heteroatoms. The summed E-state index contributed by atoms with van der Waals surface area (Å²) < 4.78 is 1.91. The Kier molecular flexibility index (Phi) is 2.19. The van der Waals surface area contributed by atoms with Gasteiger partial charge in [0.15, 0.2) is 0 Å². The molecule has 15 heavy (non-hydrogen) atoms. The number of hydrogen-bond acceptors (Lipinski definition) is 2. The van der Waals surface area contributed by atoms with E-state index in [1.165, 1.54) is 0 Å². The molecule has 78 valence electrons. The minimum absolute atomic E-state index is 0.152. The third kappa shape index (κ3) is 1.48. The Hall–Kier alpha value is -1.84. The number of nitrogens with zero attached hydrogens (tertiary/aromatic N) is 2. The summed E-state index contributed by atoms with van der Waals surface area (Å²) in [6.45, 7) is 1.98. The van der Waals surface area contributed by atoms with Crippen molar-refractivity contribution in [1.29, 1.82) is 0 Å². The summed E-state index contributed by atoms with van der Waals surface area (Å²) in [5.74, 6) is -0.152. The van der Waals surface area contributed by atoms with Gasteiger partial charge in [-0.2, -0.15) is 0 Å². The molecule has 0 fully saturated rings. The molecule has 0 atom stereocenters. The first kappa shape index (κ1) is 9.71. The van der Waals surface area contributed by atoms with Crippen molar-refractivity contribution in [2.24, 2.45) is 7.05 Å². The highest BCUT2D eigenvalue weighted by molar-refractivity contribution is 5.95. The summed E-state index contributed by atoms with van der Waals surface area (Å²) in [5, 5.41) is 3.66. The molecule has 0 aliphatic rings. The Bertz CT molecular complexity index is 528. The predicted molar refractivity (Wildman–Crippen MR) is 58.8 cm³/mol. The Labute approximate surface area is 87.9 Å². The highest BCUT2D eigenvalue weighted by Crippen LogP contribution is 2.18. The van der Waals surface area contributed by atoms with E-state index in [1.54, 1.807) is 13.1 Å². The monoisotopic (exact) mass is 203 g/mol.